The summed E-state index contributed by atoms with van der Waals surface area (Å²) in [6, 6.07) is 19.2. The van der Waals surface area contributed by atoms with Gasteiger partial charge >= 0.3 is 0 Å². The molecule has 1 heterocycles. The van der Waals surface area contributed by atoms with E-state index in [1.165, 1.54) is 30.5 Å². The lowest BCUT2D eigenvalue weighted by Gasteiger charge is -2.31. The van der Waals surface area contributed by atoms with Crippen LogP contribution in [-0.4, -0.2) is 19.0 Å². The average molecular weight is 377 g/mol. The summed E-state index contributed by atoms with van der Waals surface area (Å²) in [5, 5.41) is 3.32. The molecule has 1 saturated heterocycles. The van der Waals surface area contributed by atoms with Crippen molar-refractivity contribution in [3.05, 3.63) is 65.7 Å². The highest BCUT2D eigenvalue weighted by Gasteiger charge is 2.42. The monoisotopic (exact) mass is 376 g/mol. The summed E-state index contributed by atoms with van der Waals surface area (Å²) in [7, 11) is 0. The van der Waals surface area contributed by atoms with E-state index in [0.717, 1.165) is 44.3 Å². The van der Waals surface area contributed by atoms with Crippen molar-refractivity contribution >= 4 is 11.6 Å². The highest BCUT2D eigenvalue weighted by Crippen LogP contribution is 2.41. The standard InChI is InChI=1S/C25H32N2O/c1-20(21-12-14-23(15-13-21)27-18-8-3-9-19-27)26-24(28)25(16-6-7-17-25)22-10-4-2-5-11-22/h2,4-5,10-15,20H,3,6-9,16-19H2,1H3,(H,26,28). The molecule has 2 aliphatic rings. The van der Waals surface area contributed by atoms with Crippen LogP contribution in [-0.2, 0) is 10.2 Å². The van der Waals surface area contributed by atoms with E-state index >= 15 is 0 Å². The van der Waals surface area contributed by atoms with E-state index < -0.39 is 0 Å². The van der Waals surface area contributed by atoms with E-state index in [9.17, 15) is 4.79 Å². The van der Waals surface area contributed by atoms with Crippen LogP contribution in [0.5, 0.6) is 0 Å². The summed E-state index contributed by atoms with van der Waals surface area (Å²) < 4.78 is 0. The zero-order valence-electron chi connectivity index (χ0n) is 17.0. The van der Waals surface area contributed by atoms with Gasteiger partial charge in [-0.25, -0.2) is 0 Å². The SMILES string of the molecule is CC(NC(=O)C1(c2ccccc2)CCCC1)c1ccc(N2CCCCC2)cc1. The van der Waals surface area contributed by atoms with Gasteiger partial charge in [0.25, 0.3) is 0 Å². The first-order chi connectivity index (χ1) is 13.7. The highest BCUT2D eigenvalue weighted by atomic mass is 16.2. The van der Waals surface area contributed by atoms with E-state index in [1.54, 1.807) is 0 Å². The number of anilines is 1. The molecule has 1 N–H and O–H groups in total. The molecule has 3 heteroatoms. The van der Waals surface area contributed by atoms with E-state index in [2.05, 4.69) is 53.5 Å². The second-order valence-electron chi connectivity index (χ2n) is 8.49. The summed E-state index contributed by atoms with van der Waals surface area (Å²) >= 11 is 0. The summed E-state index contributed by atoms with van der Waals surface area (Å²) in [5.41, 5.74) is 3.29. The Kier molecular flexibility index (Phi) is 5.70. The molecule has 1 amide bonds. The van der Waals surface area contributed by atoms with Gasteiger partial charge in [-0.1, -0.05) is 55.3 Å². The van der Waals surface area contributed by atoms with Crippen molar-refractivity contribution in [1.82, 2.24) is 5.32 Å². The Morgan fingerprint density at radius 3 is 2.18 bits per heavy atom. The predicted octanol–water partition coefficient (Wildman–Crippen LogP) is 5.37. The van der Waals surface area contributed by atoms with Crippen LogP contribution in [0.3, 0.4) is 0 Å². The van der Waals surface area contributed by atoms with E-state index in [-0.39, 0.29) is 17.4 Å². The predicted molar refractivity (Wildman–Crippen MR) is 116 cm³/mol. The van der Waals surface area contributed by atoms with Crippen LogP contribution >= 0.6 is 0 Å². The Morgan fingerprint density at radius 2 is 1.54 bits per heavy atom. The van der Waals surface area contributed by atoms with Crippen LogP contribution < -0.4 is 10.2 Å². The Labute approximate surface area is 169 Å². The maximum atomic E-state index is 13.3. The molecule has 148 valence electrons. The number of benzene rings is 2. The van der Waals surface area contributed by atoms with E-state index in [4.69, 9.17) is 0 Å². The first-order valence-electron chi connectivity index (χ1n) is 10.9. The molecule has 2 aromatic carbocycles. The Hall–Kier alpha value is -2.29. The number of amides is 1. The summed E-state index contributed by atoms with van der Waals surface area (Å²) in [5.74, 6) is 0.184. The van der Waals surface area contributed by atoms with Crippen molar-refractivity contribution in [2.45, 2.75) is 63.3 Å². The third-order valence-corrected chi connectivity index (χ3v) is 6.68. The van der Waals surface area contributed by atoms with Gasteiger partial charge in [-0.2, -0.15) is 0 Å². The van der Waals surface area contributed by atoms with Gasteiger partial charge in [0.2, 0.25) is 5.91 Å². The highest BCUT2D eigenvalue weighted by molar-refractivity contribution is 5.89. The molecule has 0 radical (unpaired) electrons. The number of hydrogen-bond acceptors (Lipinski definition) is 2. The fourth-order valence-electron chi connectivity index (χ4n) is 4.93. The molecule has 1 aliphatic carbocycles. The number of carbonyl (C=O) groups is 1. The van der Waals surface area contributed by atoms with Crippen molar-refractivity contribution in [2.24, 2.45) is 0 Å². The summed E-state index contributed by atoms with van der Waals surface area (Å²) in [4.78, 5) is 15.8. The second kappa shape index (κ2) is 8.38. The van der Waals surface area contributed by atoms with Crippen LogP contribution in [0.4, 0.5) is 5.69 Å². The van der Waals surface area contributed by atoms with Crippen LogP contribution in [0.2, 0.25) is 0 Å². The number of nitrogens with one attached hydrogen (secondary N) is 1. The lowest BCUT2D eigenvalue weighted by molar-refractivity contribution is -0.127. The summed E-state index contributed by atoms with van der Waals surface area (Å²) in [6.07, 6.45) is 8.07. The number of rotatable bonds is 5. The molecule has 1 atom stereocenters. The van der Waals surface area contributed by atoms with Crippen molar-refractivity contribution in [2.75, 3.05) is 18.0 Å². The minimum Gasteiger partial charge on any atom is -0.372 e. The van der Waals surface area contributed by atoms with Crippen LogP contribution in [0.15, 0.2) is 54.6 Å². The molecule has 0 spiro atoms. The van der Waals surface area contributed by atoms with Gasteiger partial charge in [-0.3, -0.25) is 4.79 Å². The molecule has 1 aliphatic heterocycles. The fraction of sp³-hybridized carbons (Fsp3) is 0.480. The molecule has 28 heavy (non-hydrogen) atoms. The topological polar surface area (TPSA) is 32.3 Å². The Balaban J connectivity index is 1.46. The quantitative estimate of drug-likeness (QED) is 0.761. The number of piperidine rings is 1. The molecular formula is C25H32N2O. The normalized spacial score (nSPS) is 20.0. The third kappa shape index (κ3) is 3.80. The zero-order valence-corrected chi connectivity index (χ0v) is 17.0. The molecule has 1 saturated carbocycles. The van der Waals surface area contributed by atoms with Gasteiger partial charge in [0.05, 0.1) is 11.5 Å². The van der Waals surface area contributed by atoms with Crippen molar-refractivity contribution < 1.29 is 4.79 Å². The van der Waals surface area contributed by atoms with Gasteiger partial charge < -0.3 is 10.2 Å². The van der Waals surface area contributed by atoms with Crippen LogP contribution in [0.25, 0.3) is 0 Å². The van der Waals surface area contributed by atoms with Crippen LogP contribution in [0, 0.1) is 0 Å². The number of carbonyl (C=O) groups excluding carboxylic acids is 1. The van der Waals surface area contributed by atoms with Gasteiger partial charge in [0.1, 0.15) is 0 Å². The second-order valence-corrected chi connectivity index (χ2v) is 8.49. The van der Waals surface area contributed by atoms with Gasteiger partial charge in [0, 0.05) is 18.8 Å². The van der Waals surface area contributed by atoms with Gasteiger partial charge in [-0.05, 0) is 62.3 Å². The summed E-state index contributed by atoms with van der Waals surface area (Å²) in [6.45, 7) is 4.41. The van der Waals surface area contributed by atoms with Gasteiger partial charge in [0.15, 0.2) is 0 Å². The van der Waals surface area contributed by atoms with Crippen molar-refractivity contribution in [1.29, 1.82) is 0 Å². The third-order valence-electron chi connectivity index (χ3n) is 6.68. The lowest BCUT2D eigenvalue weighted by Crippen LogP contribution is -2.43. The maximum Gasteiger partial charge on any atom is 0.231 e. The van der Waals surface area contributed by atoms with Crippen LogP contribution in [0.1, 0.15) is 69.0 Å². The van der Waals surface area contributed by atoms with Gasteiger partial charge in [-0.15, -0.1) is 0 Å². The molecule has 2 fully saturated rings. The molecular weight excluding hydrogens is 344 g/mol. The minimum atomic E-state index is -0.358. The molecule has 0 bridgehead atoms. The molecule has 0 aromatic heterocycles. The van der Waals surface area contributed by atoms with E-state index in [1.807, 2.05) is 18.2 Å². The molecule has 3 nitrogen and oxygen atoms in total. The Morgan fingerprint density at radius 1 is 0.893 bits per heavy atom. The zero-order chi connectivity index (χ0) is 19.4. The van der Waals surface area contributed by atoms with E-state index in [0.29, 0.717) is 0 Å². The number of nitrogens with zero attached hydrogens (tertiary/aromatic N) is 1. The first-order valence-corrected chi connectivity index (χ1v) is 10.9. The molecule has 4 rings (SSSR count). The Bertz CT molecular complexity index is 772. The average Bonchev–Trinajstić information content (AvgIpc) is 3.26. The first kappa shape index (κ1) is 19.0. The minimum absolute atomic E-state index is 0.0177. The fourth-order valence-corrected chi connectivity index (χ4v) is 4.93. The van der Waals surface area contributed by atoms with Crippen molar-refractivity contribution in [3.63, 3.8) is 0 Å². The largest absolute Gasteiger partial charge is 0.372 e. The lowest BCUT2D eigenvalue weighted by atomic mass is 9.77. The van der Waals surface area contributed by atoms with Crippen molar-refractivity contribution in [3.8, 4) is 0 Å². The number of hydrogen-bond donors (Lipinski definition) is 1. The molecule has 2 aromatic rings. The molecule has 1 unspecified atom stereocenters. The smallest absolute Gasteiger partial charge is 0.231 e. The maximum absolute atomic E-state index is 13.3.